The van der Waals surface area contributed by atoms with Crippen LogP contribution in [0.15, 0.2) is 54.6 Å². The molecule has 0 aromatic heterocycles. The van der Waals surface area contributed by atoms with Crippen molar-refractivity contribution in [3.63, 3.8) is 0 Å². The summed E-state index contributed by atoms with van der Waals surface area (Å²) in [5.41, 5.74) is 2.18. The van der Waals surface area contributed by atoms with Crippen LogP contribution in [0.2, 0.25) is 0 Å². The van der Waals surface area contributed by atoms with Crippen LogP contribution in [0.1, 0.15) is 18.1 Å². The number of hydrogen-bond acceptors (Lipinski definition) is 3. The molecule has 0 saturated carbocycles. The lowest BCUT2D eigenvalue weighted by atomic mass is 10.0. The number of carbonyl (C=O) groups is 1. The van der Waals surface area contributed by atoms with Crippen molar-refractivity contribution in [2.24, 2.45) is 0 Å². The molecule has 0 fully saturated rings. The predicted octanol–water partition coefficient (Wildman–Crippen LogP) is 2.48. The van der Waals surface area contributed by atoms with E-state index >= 15 is 0 Å². The van der Waals surface area contributed by atoms with Crippen LogP contribution in [0.25, 0.3) is 0 Å². The monoisotopic (exact) mass is 313 g/mol. The average molecular weight is 313 g/mol. The van der Waals surface area contributed by atoms with E-state index in [0.717, 1.165) is 11.1 Å². The van der Waals surface area contributed by atoms with E-state index in [1.165, 1.54) is 0 Å². The number of nitrogens with one attached hydrogen (secondary N) is 1. The summed E-state index contributed by atoms with van der Waals surface area (Å²) in [6, 6.07) is 16.9. The molecule has 4 heteroatoms. The lowest BCUT2D eigenvalue weighted by Crippen LogP contribution is -2.44. The number of amides is 1. The molecule has 0 spiro atoms. The van der Waals surface area contributed by atoms with Gasteiger partial charge in [0.1, 0.15) is 5.75 Å². The summed E-state index contributed by atoms with van der Waals surface area (Å²) in [5.74, 6) is 0.411. The minimum atomic E-state index is -0.638. The molecule has 122 valence electrons. The standard InChI is InChI=1S/C19H23NO3/c1-14-8-10-17(11-9-14)23-13-19(22)20-15(2)18(21)12-16-6-4-3-5-7-16/h3-11,15,18,21H,12-13H2,1-2H3,(H,20,22). The van der Waals surface area contributed by atoms with E-state index in [2.05, 4.69) is 5.32 Å². The molecular formula is C19H23NO3. The molecule has 0 aliphatic heterocycles. The first-order valence-corrected chi connectivity index (χ1v) is 7.75. The second-order valence-electron chi connectivity index (χ2n) is 5.71. The third-order valence-electron chi connectivity index (χ3n) is 3.64. The fraction of sp³-hybridized carbons (Fsp3) is 0.316. The van der Waals surface area contributed by atoms with Gasteiger partial charge in [0.2, 0.25) is 0 Å². The average Bonchev–Trinajstić information content (AvgIpc) is 2.55. The minimum absolute atomic E-state index is 0.0640. The highest BCUT2D eigenvalue weighted by Crippen LogP contribution is 2.11. The molecule has 2 N–H and O–H groups in total. The van der Waals surface area contributed by atoms with Crippen LogP contribution in [-0.4, -0.2) is 29.8 Å². The Balaban J connectivity index is 1.76. The number of aliphatic hydroxyl groups is 1. The number of hydrogen-bond donors (Lipinski definition) is 2. The van der Waals surface area contributed by atoms with Crippen LogP contribution in [-0.2, 0) is 11.2 Å². The smallest absolute Gasteiger partial charge is 0.258 e. The van der Waals surface area contributed by atoms with Crippen molar-refractivity contribution in [3.05, 3.63) is 65.7 Å². The highest BCUT2D eigenvalue weighted by atomic mass is 16.5. The fourth-order valence-corrected chi connectivity index (χ4v) is 2.21. The van der Waals surface area contributed by atoms with Crippen LogP contribution in [0.4, 0.5) is 0 Å². The van der Waals surface area contributed by atoms with Gasteiger partial charge in [-0.3, -0.25) is 4.79 Å². The van der Waals surface area contributed by atoms with Crippen molar-refractivity contribution in [1.29, 1.82) is 0 Å². The Bertz CT molecular complexity index is 610. The molecule has 0 bridgehead atoms. The first kappa shape index (κ1) is 17.0. The van der Waals surface area contributed by atoms with Crippen molar-refractivity contribution in [1.82, 2.24) is 5.32 Å². The van der Waals surface area contributed by atoms with E-state index in [1.54, 1.807) is 6.92 Å². The molecule has 2 unspecified atom stereocenters. The second-order valence-corrected chi connectivity index (χ2v) is 5.71. The molecule has 0 heterocycles. The maximum Gasteiger partial charge on any atom is 0.258 e. The van der Waals surface area contributed by atoms with Crippen LogP contribution in [0, 0.1) is 6.92 Å². The Kier molecular flexibility index (Phi) is 6.18. The third kappa shape index (κ3) is 5.75. The van der Waals surface area contributed by atoms with Gasteiger partial charge in [0.05, 0.1) is 12.1 Å². The molecule has 4 nitrogen and oxygen atoms in total. The Morgan fingerprint density at radius 2 is 1.78 bits per heavy atom. The number of ether oxygens (including phenoxy) is 1. The molecule has 0 radical (unpaired) electrons. The van der Waals surface area contributed by atoms with E-state index in [0.29, 0.717) is 12.2 Å². The Hall–Kier alpha value is -2.33. The molecule has 2 rings (SSSR count). The Morgan fingerprint density at radius 1 is 1.13 bits per heavy atom. The van der Waals surface area contributed by atoms with Crippen LogP contribution < -0.4 is 10.1 Å². The van der Waals surface area contributed by atoms with E-state index < -0.39 is 6.10 Å². The second kappa shape index (κ2) is 8.34. The minimum Gasteiger partial charge on any atom is -0.484 e. The lowest BCUT2D eigenvalue weighted by molar-refractivity contribution is -0.124. The zero-order valence-electron chi connectivity index (χ0n) is 13.5. The SMILES string of the molecule is Cc1ccc(OCC(=O)NC(C)C(O)Cc2ccccc2)cc1. The zero-order valence-corrected chi connectivity index (χ0v) is 13.5. The van der Waals surface area contributed by atoms with Crippen LogP contribution in [0.3, 0.4) is 0 Å². The normalized spacial score (nSPS) is 13.2. The van der Waals surface area contributed by atoms with E-state index in [9.17, 15) is 9.90 Å². The van der Waals surface area contributed by atoms with E-state index in [4.69, 9.17) is 4.74 Å². The summed E-state index contributed by atoms with van der Waals surface area (Å²) in [6.45, 7) is 3.72. The van der Waals surface area contributed by atoms with Gasteiger partial charge in [-0.2, -0.15) is 0 Å². The van der Waals surface area contributed by atoms with Gasteiger partial charge in [-0.05, 0) is 31.5 Å². The van der Waals surface area contributed by atoms with Gasteiger partial charge in [-0.15, -0.1) is 0 Å². The Labute approximate surface area is 137 Å². The maximum absolute atomic E-state index is 11.9. The highest BCUT2D eigenvalue weighted by molar-refractivity contribution is 5.77. The third-order valence-corrected chi connectivity index (χ3v) is 3.64. The number of benzene rings is 2. The number of rotatable bonds is 7. The van der Waals surface area contributed by atoms with Crippen LogP contribution in [0.5, 0.6) is 5.75 Å². The van der Waals surface area contributed by atoms with Gasteiger partial charge in [0.25, 0.3) is 5.91 Å². The number of aryl methyl sites for hydroxylation is 1. The van der Waals surface area contributed by atoms with Crippen molar-refractivity contribution in [3.8, 4) is 5.75 Å². The number of carbonyl (C=O) groups excluding carboxylic acids is 1. The molecule has 0 saturated heterocycles. The first-order valence-electron chi connectivity index (χ1n) is 7.75. The number of aliphatic hydroxyl groups excluding tert-OH is 1. The molecule has 23 heavy (non-hydrogen) atoms. The van der Waals surface area contributed by atoms with Gasteiger partial charge in [-0.25, -0.2) is 0 Å². The van der Waals surface area contributed by atoms with Gasteiger partial charge in [-0.1, -0.05) is 48.0 Å². The maximum atomic E-state index is 11.9. The summed E-state index contributed by atoms with van der Waals surface area (Å²) in [4.78, 5) is 11.9. The molecule has 2 aromatic rings. The van der Waals surface area contributed by atoms with Crippen molar-refractivity contribution in [2.45, 2.75) is 32.4 Å². The zero-order chi connectivity index (χ0) is 16.7. The highest BCUT2D eigenvalue weighted by Gasteiger charge is 2.17. The molecule has 0 aliphatic carbocycles. The van der Waals surface area contributed by atoms with Crippen molar-refractivity contribution >= 4 is 5.91 Å². The topological polar surface area (TPSA) is 58.6 Å². The molecule has 2 atom stereocenters. The predicted molar refractivity (Wildman–Crippen MR) is 90.4 cm³/mol. The molecule has 0 aliphatic rings. The molecular weight excluding hydrogens is 290 g/mol. The summed E-state index contributed by atoms with van der Waals surface area (Å²) < 4.78 is 5.43. The van der Waals surface area contributed by atoms with Gasteiger partial charge in [0.15, 0.2) is 6.61 Å². The van der Waals surface area contributed by atoms with Crippen LogP contribution >= 0.6 is 0 Å². The van der Waals surface area contributed by atoms with E-state index in [1.807, 2.05) is 61.5 Å². The molecule has 2 aromatic carbocycles. The van der Waals surface area contributed by atoms with Gasteiger partial charge >= 0.3 is 0 Å². The largest absolute Gasteiger partial charge is 0.484 e. The van der Waals surface area contributed by atoms with Crippen molar-refractivity contribution < 1.29 is 14.6 Å². The lowest BCUT2D eigenvalue weighted by Gasteiger charge is -2.20. The Morgan fingerprint density at radius 3 is 2.43 bits per heavy atom. The molecule has 1 amide bonds. The summed E-state index contributed by atoms with van der Waals surface area (Å²) in [6.07, 6.45) is -0.137. The quantitative estimate of drug-likeness (QED) is 0.825. The summed E-state index contributed by atoms with van der Waals surface area (Å²) >= 11 is 0. The first-order chi connectivity index (χ1) is 11.0. The summed E-state index contributed by atoms with van der Waals surface area (Å²) in [5, 5.41) is 12.9. The van der Waals surface area contributed by atoms with Gasteiger partial charge < -0.3 is 15.2 Å². The fourth-order valence-electron chi connectivity index (χ4n) is 2.21. The van der Waals surface area contributed by atoms with E-state index in [-0.39, 0.29) is 18.6 Å². The van der Waals surface area contributed by atoms with Gasteiger partial charge in [0, 0.05) is 6.42 Å². The van der Waals surface area contributed by atoms with Crippen molar-refractivity contribution in [2.75, 3.05) is 6.61 Å². The summed E-state index contributed by atoms with van der Waals surface area (Å²) in [7, 11) is 0.